The van der Waals surface area contributed by atoms with E-state index < -0.39 is 0 Å². The number of hydrogen-bond acceptors (Lipinski definition) is 1. The molecule has 2 heteroatoms. The number of hydrogen-bond donors (Lipinski definition) is 0. The third-order valence-corrected chi connectivity index (χ3v) is 0.747. The highest BCUT2D eigenvalue weighted by Crippen LogP contribution is 1.89. The lowest BCUT2D eigenvalue weighted by molar-refractivity contribution is 2.34. The zero-order valence-electron chi connectivity index (χ0n) is 3.44. The van der Waals surface area contributed by atoms with Crippen molar-refractivity contribution in [3.63, 3.8) is 0 Å². The van der Waals surface area contributed by atoms with E-state index in [1.54, 1.807) is 17.2 Å². The summed E-state index contributed by atoms with van der Waals surface area (Å²) in [7, 11) is 0. The zero-order chi connectivity index (χ0) is 4.83. The highest BCUT2D eigenvalue weighted by atomic mass is 35.5. The predicted molar refractivity (Wildman–Crippen MR) is 32.0 cm³/mol. The van der Waals surface area contributed by atoms with Crippen molar-refractivity contribution in [2.75, 3.05) is 6.26 Å². The van der Waals surface area contributed by atoms with Crippen LogP contribution < -0.4 is 0 Å². The molecule has 0 atom stereocenters. The first-order valence-corrected chi connectivity index (χ1v) is 3.16. The first-order chi connectivity index (χ1) is 2.91. The lowest BCUT2D eigenvalue weighted by Gasteiger charge is -1.62. The largest absolute Gasteiger partial charge is 0.129 e. The Hall–Kier alpha value is 0.160. The van der Waals surface area contributed by atoms with Crippen molar-refractivity contribution in [1.82, 2.24) is 0 Å². The third-order valence-electron chi connectivity index (χ3n) is 0.249. The van der Waals surface area contributed by atoms with Gasteiger partial charge in [-0.1, -0.05) is 11.6 Å². The molecule has 0 aliphatic rings. The Morgan fingerprint density at radius 3 is 2.67 bits per heavy atom. The predicted octanol–water partition coefficient (Wildman–Crippen LogP) is 2.21. The van der Waals surface area contributed by atoms with Crippen molar-refractivity contribution in [2.45, 2.75) is 0 Å². The molecular weight excluding hydrogens is 116 g/mol. The summed E-state index contributed by atoms with van der Waals surface area (Å²) in [5, 5.41) is 1.78. The molecule has 0 N–H and O–H groups in total. The standard InChI is InChI=1S/C4H5ClS/c1-6-4-2-3-5/h3-4H,1H3. The topological polar surface area (TPSA) is 0 Å². The molecule has 0 unspecified atom stereocenters. The zero-order valence-corrected chi connectivity index (χ0v) is 5.01. The number of rotatable bonds is 1. The summed E-state index contributed by atoms with van der Waals surface area (Å²) in [5.41, 5.74) is 4.03. The van der Waals surface area contributed by atoms with Gasteiger partial charge in [0.25, 0.3) is 0 Å². The smallest absolute Gasteiger partial charge is 0.0468 e. The molecule has 0 spiro atoms. The SMILES string of the molecule is CSC=C=CCl. The van der Waals surface area contributed by atoms with Gasteiger partial charge in [0.2, 0.25) is 0 Å². The number of halogens is 1. The molecule has 0 rings (SSSR count). The van der Waals surface area contributed by atoms with Crippen LogP contribution in [0.25, 0.3) is 0 Å². The summed E-state index contributed by atoms with van der Waals surface area (Å²) in [6.07, 6.45) is 1.95. The van der Waals surface area contributed by atoms with Gasteiger partial charge in [-0.05, 0) is 6.26 Å². The molecule has 0 fully saturated rings. The monoisotopic (exact) mass is 120 g/mol. The highest BCUT2D eigenvalue weighted by Gasteiger charge is 1.52. The average Bonchev–Trinajstić information content (AvgIpc) is 1.61. The van der Waals surface area contributed by atoms with Crippen molar-refractivity contribution in [2.24, 2.45) is 0 Å². The molecule has 0 saturated carbocycles. The van der Waals surface area contributed by atoms with Crippen LogP contribution >= 0.6 is 23.4 Å². The first-order valence-electron chi connectivity index (χ1n) is 1.44. The minimum atomic E-state index is 1.36. The van der Waals surface area contributed by atoms with Gasteiger partial charge < -0.3 is 0 Å². The second-order valence-corrected chi connectivity index (χ2v) is 1.55. The van der Waals surface area contributed by atoms with E-state index in [2.05, 4.69) is 5.73 Å². The van der Waals surface area contributed by atoms with Crippen molar-refractivity contribution in [3.8, 4) is 0 Å². The van der Waals surface area contributed by atoms with Crippen LogP contribution in [0.15, 0.2) is 16.7 Å². The fourth-order valence-corrected chi connectivity index (χ4v) is 0.436. The Morgan fingerprint density at radius 2 is 2.50 bits per heavy atom. The van der Waals surface area contributed by atoms with Gasteiger partial charge in [0.1, 0.15) is 0 Å². The Labute approximate surface area is 46.9 Å². The van der Waals surface area contributed by atoms with Crippen molar-refractivity contribution in [1.29, 1.82) is 0 Å². The van der Waals surface area contributed by atoms with E-state index in [1.165, 1.54) is 5.54 Å². The first kappa shape index (κ1) is 6.16. The van der Waals surface area contributed by atoms with Crippen molar-refractivity contribution < 1.29 is 0 Å². The average molecular weight is 121 g/mol. The molecule has 0 amide bonds. The summed E-state index contributed by atoms with van der Waals surface area (Å²) in [6.45, 7) is 0. The van der Waals surface area contributed by atoms with Crippen LogP contribution in [0, 0.1) is 0 Å². The Kier molecular flexibility index (Phi) is 5.30. The van der Waals surface area contributed by atoms with E-state index in [9.17, 15) is 0 Å². The normalized spacial score (nSPS) is 6.33. The summed E-state index contributed by atoms with van der Waals surface area (Å²) in [5.74, 6) is 0. The van der Waals surface area contributed by atoms with Crippen LogP contribution in [0.4, 0.5) is 0 Å². The summed E-state index contributed by atoms with van der Waals surface area (Å²) < 4.78 is 0. The molecule has 0 aromatic carbocycles. The minimum absolute atomic E-state index is 1.36. The quantitative estimate of drug-likeness (QED) is 0.478. The molecule has 0 nitrogen and oxygen atoms in total. The van der Waals surface area contributed by atoms with Gasteiger partial charge in [-0.15, -0.1) is 17.5 Å². The van der Waals surface area contributed by atoms with E-state index in [-0.39, 0.29) is 0 Å². The third kappa shape index (κ3) is 4.16. The molecule has 0 saturated heterocycles. The molecular formula is C4H5ClS. The molecule has 34 valence electrons. The van der Waals surface area contributed by atoms with Crippen molar-refractivity contribution >= 4 is 23.4 Å². The van der Waals surface area contributed by atoms with Gasteiger partial charge in [-0.25, -0.2) is 0 Å². The molecule has 0 aliphatic heterocycles. The summed E-state index contributed by atoms with van der Waals surface area (Å²) >= 11 is 6.67. The molecule has 0 aromatic heterocycles. The maximum atomic E-state index is 5.10. The van der Waals surface area contributed by atoms with Gasteiger partial charge >= 0.3 is 0 Å². The maximum absolute atomic E-state index is 5.10. The lowest BCUT2D eigenvalue weighted by Crippen LogP contribution is -1.31. The van der Waals surface area contributed by atoms with E-state index in [0.717, 1.165) is 0 Å². The van der Waals surface area contributed by atoms with Crippen LogP contribution in [0.2, 0.25) is 0 Å². The lowest BCUT2D eigenvalue weighted by atomic mass is 11.0. The fourth-order valence-electron chi connectivity index (χ4n) is 0.0938. The summed E-state index contributed by atoms with van der Waals surface area (Å²) in [4.78, 5) is 0. The van der Waals surface area contributed by atoms with Gasteiger partial charge in [-0.3, -0.25) is 0 Å². The molecule has 6 heavy (non-hydrogen) atoms. The Balaban J connectivity index is 3.18. The number of thioether (sulfide) groups is 1. The minimum Gasteiger partial charge on any atom is -0.129 e. The van der Waals surface area contributed by atoms with Gasteiger partial charge in [0.05, 0.1) is 0 Å². The molecule has 0 aromatic rings. The van der Waals surface area contributed by atoms with Gasteiger partial charge in [0, 0.05) is 10.9 Å². The van der Waals surface area contributed by atoms with Gasteiger partial charge in [-0.2, -0.15) is 0 Å². The van der Waals surface area contributed by atoms with E-state index in [1.807, 2.05) is 6.26 Å². The van der Waals surface area contributed by atoms with E-state index in [4.69, 9.17) is 11.6 Å². The maximum Gasteiger partial charge on any atom is 0.0468 e. The second-order valence-electron chi connectivity index (χ2n) is 0.629. The van der Waals surface area contributed by atoms with Crippen LogP contribution in [0.1, 0.15) is 0 Å². The molecule has 0 heterocycles. The van der Waals surface area contributed by atoms with E-state index in [0.29, 0.717) is 0 Å². The van der Waals surface area contributed by atoms with E-state index >= 15 is 0 Å². The van der Waals surface area contributed by atoms with Crippen LogP contribution in [-0.2, 0) is 0 Å². The van der Waals surface area contributed by atoms with Crippen LogP contribution in [-0.4, -0.2) is 6.26 Å². The Bertz CT molecular complexity index is 71.6. The molecule has 0 radical (unpaired) electrons. The fraction of sp³-hybridized carbons (Fsp3) is 0.250. The summed E-state index contributed by atoms with van der Waals surface area (Å²) in [6, 6.07) is 0. The Morgan fingerprint density at radius 1 is 1.83 bits per heavy atom. The van der Waals surface area contributed by atoms with Crippen LogP contribution in [0.3, 0.4) is 0 Å². The molecule has 0 aliphatic carbocycles. The highest BCUT2D eigenvalue weighted by molar-refractivity contribution is 8.01. The molecule has 0 bridgehead atoms. The van der Waals surface area contributed by atoms with Crippen LogP contribution in [0.5, 0.6) is 0 Å². The van der Waals surface area contributed by atoms with Gasteiger partial charge in [0.15, 0.2) is 0 Å². The second kappa shape index (κ2) is 5.16. The van der Waals surface area contributed by atoms with Crippen molar-refractivity contribution in [3.05, 3.63) is 16.7 Å².